The summed E-state index contributed by atoms with van der Waals surface area (Å²) < 4.78 is 37.3. The molecule has 0 atom stereocenters. The number of hydrogen-bond acceptors (Lipinski definition) is 8. The van der Waals surface area contributed by atoms with Gasteiger partial charge in [0.05, 0.1) is 28.8 Å². The number of furan rings is 1. The van der Waals surface area contributed by atoms with E-state index < -0.39 is 28.5 Å². The van der Waals surface area contributed by atoms with Crippen LogP contribution in [0.25, 0.3) is 0 Å². The van der Waals surface area contributed by atoms with E-state index in [2.05, 4.69) is 16.1 Å². The summed E-state index contributed by atoms with van der Waals surface area (Å²) in [6, 6.07) is 10.6. The van der Waals surface area contributed by atoms with Crippen molar-refractivity contribution >= 4 is 38.2 Å². The molecule has 2 N–H and O–H groups in total. The van der Waals surface area contributed by atoms with Crippen LogP contribution in [-0.4, -0.2) is 26.9 Å². The van der Waals surface area contributed by atoms with E-state index in [4.69, 9.17) is 9.15 Å². The largest absolute Gasteiger partial charge is 0.468 e. The van der Waals surface area contributed by atoms with Gasteiger partial charge in [-0.25, -0.2) is 17.9 Å². The van der Waals surface area contributed by atoms with Gasteiger partial charge < -0.3 is 14.5 Å². The molecule has 0 fully saturated rings. The Morgan fingerprint density at radius 1 is 1.15 bits per heavy atom. The summed E-state index contributed by atoms with van der Waals surface area (Å²) in [4.78, 5) is 25.7. The Morgan fingerprint density at radius 2 is 1.91 bits per heavy atom. The lowest BCUT2D eigenvalue weighted by molar-refractivity contribution is -0.119. The van der Waals surface area contributed by atoms with Crippen LogP contribution in [0.1, 0.15) is 45.0 Å². The van der Waals surface area contributed by atoms with E-state index in [-0.39, 0.29) is 17.0 Å². The van der Waals surface area contributed by atoms with Crippen LogP contribution in [0.4, 0.5) is 5.00 Å². The normalized spacial score (nSPS) is 13.0. The van der Waals surface area contributed by atoms with Gasteiger partial charge in [0.1, 0.15) is 16.8 Å². The molecule has 9 nitrogen and oxygen atoms in total. The van der Waals surface area contributed by atoms with Crippen LogP contribution in [-0.2, 0) is 38.9 Å². The monoisotopic (exact) mass is 499 g/mol. The van der Waals surface area contributed by atoms with Gasteiger partial charge >= 0.3 is 5.97 Å². The highest BCUT2D eigenvalue weighted by atomic mass is 32.2. The number of nitrogens with one attached hydrogen (secondary N) is 2. The number of nitrogens with zero attached hydrogens (tertiary/aromatic N) is 1. The van der Waals surface area contributed by atoms with Gasteiger partial charge in [0, 0.05) is 4.88 Å². The number of esters is 1. The van der Waals surface area contributed by atoms with Gasteiger partial charge in [-0.2, -0.15) is 5.26 Å². The summed E-state index contributed by atoms with van der Waals surface area (Å²) in [5, 5.41) is 12.6. The maximum atomic E-state index is 12.4. The van der Waals surface area contributed by atoms with Crippen molar-refractivity contribution in [2.24, 2.45) is 0 Å². The predicted octanol–water partition coefficient (Wildman–Crippen LogP) is 3.37. The number of carbonyl (C=O) groups is 2. The molecule has 2 heterocycles. The molecule has 0 bridgehead atoms. The third kappa shape index (κ3) is 5.36. The van der Waals surface area contributed by atoms with Crippen LogP contribution < -0.4 is 10.0 Å². The van der Waals surface area contributed by atoms with Crippen molar-refractivity contribution in [3.8, 4) is 6.07 Å². The molecular weight excluding hydrogens is 478 g/mol. The lowest BCUT2D eigenvalue weighted by atomic mass is 9.96. The topological polar surface area (TPSA) is 138 Å². The maximum Gasteiger partial charge on any atom is 0.338 e. The SMILES string of the molecule is N#Cc1c(NC(=O)COC(=O)c2ccc(S(=O)(=O)NCc3ccco3)cc2)sc2c1CCCC2. The molecule has 34 heavy (non-hydrogen) atoms. The average Bonchev–Trinajstić information content (AvgIpc) is 3.48. The number of anilines is 1. The Bertz CT molecular complexity index is 1340. The Labute approximate surface area is 200 Å². The van der Waals surface area contributed by atoms with E-state index in [9.17, 15) is 23.3 Å². The molecule has 4 rings (SSSR count). The van der Waals surface area contributed by atoms with Gasteiger partial charge in [0.15, 0.2) is 6.61 Å². The molecule has 1 aliphatic rings. The van der Waals surface area contributed by atoms with Gasteiger partial charge in [-0.1, -0.05) is 0 Å². The van der Waals surface area contributed by atoms with E-state index in [1.807, 2.05) is 0 Å². The van der Waals surface area contributed by atoms with Crippen molar-refractivity contribution in [3.05, 3.63) is 70.0 Å². The summed E-state index contributed by atoms with van der Waals surface area (Å²) >= 11 is 1.39. The average molecular weight is 500 g/mol. The van der Waals surface area contributed by atoms with Crippen molar-refractivity contribution in [1.29, 1.82) is 5.26 Å². The van der Waals surface area contributed by atoms with Crippen molar-refractivity contribution < 1.29 is 27.2 Å². The number of hydrogen-bond donors (Lipinski definition) is 2. The van der Waals surface area contributed by atoms with Crippen molar-refractivity contribution in [2.75, 3.05) is 11.9 Å². The standard InChI is InChI=1S/C23H21N3O6S2/c24-12-19-18-5-1-2-6-20(18)33-22(19)26-21(27)14-32-23(28)15-7-9-17(10-8-15)34(29,30)25-13-16-4-3-11-31-16/h3-4,7-11,25H,1-2,5-6,13-14H2,(H,26,27). The Hall–Kier alpha value is -3.46. The minimum absolute atomic E-state index is 0.00498. The molecule has 3 aromatic rings. The molecule has 1 amide bonds. The number of carbonyl (C=O) groups excluding carboxylic acids is 2. The highest BCUT2D eigenvalue weighted by Gasteiger charge is 2.22. The number of ether oxygens (including phenoxy) is 1. The lowest BCUT2D eigenvalue weighted by Gasteiger charge is -2.09. The summed E-state index contributed by atoms with van der Waals surface area (Å²) in [5.74, 6) is -0.856. The van der Waals surface area contributed by atoms with Crippen LogP contribution in [0.5, 0.6) is 0 Å². The second kappa shape index (κ2) is 10.2. The van der Waals surface area contributed by atoms with E-state index >= 15 is 0 Å². The molecule has 0 aliphatic heterocycles. The van der Waals surface area contributed by atoms with Gasteiger partial charge in [0.25, 0.3) is 5.91 Å². The first-order valence-electron chi connectivity index (χ1n) is 10.5. The summed E-state index contributed by atoms with van der Waals surface area (Å²) in [6.07, 6.45) is 5.24. The second-order valence-corrected chi connectivity index (χ2v) is 10.5. The Morgan fingerprint density at radius 3 is 2.62 bits per heavy atom. The van der Waals surface area contributed by atoms with Gasteiger partial charge in [0.2, 0.25) is 10.0 Å². The number of nitriles is 1. The Kier molecular flexibility index (Phi) is 7.12. The summed E-state index contributed by atoms with van der Waals surface area (Å²) in [7, 11) is -3.80. The smallest absolute Gasteiger partial charge is 0.338 e. The fourth-order valence-electron chi connectivity index (χ4n) is 3.58. The van der Waals surface area contributed by atoms with E-state index in [1.165, 1.54) is 41.9 Å². The number of fused-ring (bicyclic) bond motifs is 1. The zero-order valence-electron chi connectivity index (χ0n) is 18.0. The van der Waals surface area contributed by atoms with Gasteiger partial charge in [-0.3, -0.25) is 4.79 Å². The van der Waals surface area contributed by atoms with Crippen LogP contribution in [0.15, 0.2) is 52.0 Å². The zero-order valence-corrected chi connectivity index (χ0v) is 19.6. The molecule has 11 heteroatoms. The number of thiophene rings is 1. The highest BCUT2D eigenvalue weighted by molar-refractivity contribution is 7.89. The van der Waals surface area contributed by atoms with E-state index in [0.29, 0.717) is 16.3 Å². The van der Waals surface area contributed by atoms with Crippen molar-refractivity contribution in [2.45, 2.75) is 37.1 Å². The highest BCUT2D eigenvalue weighted by Crippen LogP contribution is 2.37. The number of amides is 1. The first-order valence-corrected chi connectivity index (χ1v) is 12.8. The van der Waals surface area contributed by atoms with E-state index in [1.54, 1.807) is 12.1 Å². The third-order valence-electron chi connectivity index (χ3n) is 5.29. The molecule has 2 aromatic heterocycles. The maximum absolute atomic E-state index is 12.4. The number of rotatable bonds is 8. The summed E-state index contributed by atoms with van der Waals surface area (Å²) in [5.41, 5.74) is 1.58. The molecule has 1 aromatic carbocycles. The van der Waals surface area contributed by atoms with Gasteiger partial charge in [-0.05, 0) is 67.6 Å². The minimum Gasteiger partial charge on any atom is -0.468 e. The number of sulfonamides is 1. The predicted molar refractivity (Wildman–Crippen MR) is 124 cm³/mol. The van der Waals surface area contributed by atoms with Crippen molar-refractivity contribution in [3.63, 3.8) is 0 Å². The molecule has 176 valence electrons. The quantitative estimate of drug-likeness (QED) is 0.453. The van der Waals surface area contributed by atoms with Crippen LogP contribution >= 0.6 is 11.3 Å². The Balaban J connectivity index is 1.32. The third-order valence-corrected chi connectivity index (χ3v) is 7.91. The van der Waals surface area contributed by atoms with Gasteiger partial charge in [-0.15, -0.1) is 11.3 Å². The summed E-state index contributed by atoms with van der Waals surface area (Å²) in [6.45, 7) is -0.536. The molecule has 0 spiro atoms. The van der Waals surface area contributed by atoms with Crippen molar-refractivity contribution in [1.82, 2.24) is 4.72 Å². The lowest BCUT2D eigenvalue weighted by Crippen LogP contribution is -2.23. The van der Waals surface area contributed by atoms with Crippen LogP contribution in [0, 0.1) is 11.3 Å². The molecular formula is C23H21N3O6S2. The van der Waals surface area contributed by atoms with Crippen LogP contribution in [0.3, 0.4) is 0 Å². The zero-order chi connectivity index (χ0) is 24.1. The van der Waals surface area contributed by atoms with Crippen LogP contribution in [0.2, 0.25) is 0 Å². The molecule has 1 aliphatic carbocycles. The fourth-order valence-corrected chi connectivity index (χ4v) is 5.83. The molecule has 0 radical (unpaired) electrons. The first-order chi connectivity index (χ1) is 16.4. The number of benzene rings is 1. The second-order valence-electron chi connectivity index (χ2n) is 7.58. The number of aryl methyl sites for hydroxylation is 1. The minimum atomic E-state index is -3.80. The molecule has 0 saturated heterocycles. The van der Waals surface area contributed by atoms with E-state index in [0.717, 1.165) is 36.1 Å². The first kappa shape index (κ1) is 23.7. The fraction of sp³-hybridized carbons (Fsp3) is 0.261. The molecule has 0 unspecified atom stereocenters. The molecule has 0 saturated carbocycles.